The first-order chi connectivity index (χ1) is 17.8. The Morgan fingerprint density at radius 3 is 2.76 bits per heavy atom. The van der Waals surface area contributed by atoms with Gasteiger partial charge in [0.2, 0.25) is 0 Å². The molecule has 2 amide bonds. The lowest BCUT2D eigenvalue weighted by Crippen LogP contribution is -2.70. The van der Waals surface area contributed by atoms with Crippen LogP contribution in [0.4, 0.5) is 4.39 Å². The van der Waals surface area contributed by atoms with Gasteiger partial charge in [-0.25, -0.2) is 9.18 Å². The minimum Gasteiger partial charge on any atom is -0.486 e. The smallest absolute Gasteiger partial charge is 0.352 e. The van der Waals surface area contributed by atoms with Gasteiger partial charge < -0.3 is 19.6 Å². The van der Waals surface area contributed by atoms with E-state index in [4.69, 9.17) is 9.15 Å². The summed E-state index contributed by atoms with van der Waals surface area (Å²) in [6.07, 6.45) is 0. The number of carbonyl (C=O) groups is 3. The molecule has 0 radical (unpaired) electrons. The molecule has 0 bridgehead atoms. The summed E-state index contributed by atoms with van der Waals surface area (Å²) in [5, 5.41) is 20.7. The molecule has 192 valence electrons. The van der Waals surface area contributed by atoms with Crippen LogP contribution < -0.4 is 10.1 Å². The number of carboxylic acid groups (broad SMARTS) is 1. The van der Waals surface area contributed by atoms with E-state index in [1.54, 1.807) is 6.07 Å². The average Bonchev–Trinajstić information content (AvgIpc) is 3.53. The van der Waals surface area contributed by atoms with Crippen molar-refractivity contribution in [3.8, 4) is 5.75 Å². The Morgan fingerprint density at radius 1 is 1.27 bits per heavy atom. The molecule has 0 unspecified atom stereocenters. The number of aryl methyl sites for hydroxylation is 1. The van der Waals surface area contributed by atoms with Gasteiger partial charge >= 0.3 is 5.97 Å². The van der Waals surface area contributed by atoms with Gasteiger partial charge in [0.05, 0.1) is 0 Å². The second kappa shape index (κ2) is 10.6. The van der Waals surface area contributed by atoms with E-state index in [2.05, 4.69) is 15.5 Å². The number of carboxylic acids is 1. The summed E-state index contributed by atoms with van der Waals surface area (Å²) in [6.45, 7) is 1.86. The second-order valence-corrected chi connectivity index (χ2v) is 11.5. The largest absolute Gasteiger partial charge is 0.486 e. The molecule has 4 heterocycles. The maximum Gasteiger partial charge on any atom is 0.352 e. The second-order valence-electron chi connectivity index (χ2n) is 8.00. The summed E-state index contributed by atoms with van der Waals surface area (Å²) in [7, 11) is 0. The molecule has 2 aliphatic heterocycles. The van der Waals surface area contributed by atoms with Gasteiger partial charge in [0.25, 0.3) is 11.8 Å². The number of rotatable bonds is 9. The summed E-state index contributed by atoms with van der Waals surface area (Å²) in [5.74, 6) is -1.10. The number of ether oxygens (including phenoxy) is 1. The van der Waals surface area contributed by atoms with Crippen LogP contribution in [0.1, 0.15) is 21.3 Å². The highest BCUT2D eigenvalue weighted by Gasteiger charge is 2.54. The molecular formula is C23H19FN4O6S3. The molecule has 10 nitrogen and oxygen atoms in total. The number of halogens is 1. The van der Waals surface area contributed by atoms with Crippen LogP contribution in [0.3, 0.4) is 0 Å². The summed E-state index contributed by atoms with van der Waals surface area (Å²) in [5.41, 5.74) is 0.563. The number of amides is 2. The minimum atomic E-state index is -1.19. The standard InChI is InChI=1S/C23H19FN4O6S3/c1-11-26-27-23(37-11)36-10-12-9-35-21-17(20(30)28(21)18(12)22(31)32)25-19(29)16-7-6-15(34-16)8-33-14-4-2-13(24)3-5-14/h2-7,17,21H,8-10H2,1H3,(H,25,29)(H,31,32)/t17-,21-/m0/s1. The average molecular weight is 563 g/mol. The van der Waals surface area contributed by atoms with Gasteiger partial charge in [-0.15, -0.1) is 22.0 Å². The third-order valence-corrected chi connectivity index (χ3v) is 8.89. The molecule has 0 spiro atoms. The number of nitrogens with zero attached hydrogens (tertiary/aromatic N) is 3. The zero-order valence-corrected chi connectivity index (χ0v) is 21.6. The Hall–Kier alpha value is -3.36. The van der Waals surface area contributed by atoms with Crippen molar-refractivity contribution in [3.05, 3.63) is 70.0 Å². The highest BCUT2D eigenvalue weighted by atomic mass is 32.2. The van der Waals surface area contributed by atoms with E-state index in [0.29, 0.717) is 28.6 Å². The molecule has 5 rings (SSSR count). The van der Waals surface area contributed by atoms with Crippen molar-refractivity contribution < 1.29 is 33.0 Å². The number of thioether (sulfide) groups is 2. The van der Waals surface area contributed by atoms with Crippen LogP contribution in [0.15, 0.2) is 56.4 Å². The number of hydrogen-bond donors (Lipinski definition) is 2. The maximum atomic E-state index is 13.0. The molecule has 2 aliphatic rings. The first-order valence-corrected chi connectivity index (χ1v) is 13.8. The van der Waals surface area contributed by atoms with Gasteiger partial charge in [-0.2, -0.15) is 0 Å². The van der Waals surface area contributed by atoms with Crippen LogP contribution in [0.5, 0.6) is 5.75 Å². The monoisotopic (exact) mass is 562 g/mol. The van der Waals surface area contributed by atoms with Crippen LogP contribution in [0.2, 0.25) is 0 Å². The van der Waals surface area contributed by atoms with Crippen LogP contribution in [0.25, 0.3) is 0 Å². The van der Waals surface area contributed by atoms with Crippen molar-refractivity contribution in [3.63, 3.8) is 0 Å². The number of furan rings is 1. The van der Waals surface area contributed by atoms with E-state index < -0.39 is 29.2 Å². The van der Waals surface area contributed by atoms with Gasteiger partial charge in [-0.05, 0) is 48.9 Å². The van der Waals surface area contributed by atoms with E-state index in [1.165, 1.54) is 70.1 Å². The van der Waals surface area contributed by atoms with Crippen LogP contribution in [-0.2, 0) is 16.2 Å². The molecule has 2 aromatic heterocycles. The topological polar surface area (TPSA) is 135 Å². The third kappa shape index (κ3) is 5.36. The predicted molar refractivity (Wildman–Crippen MR) is 134 cm³/mol. The SMILES string of the molecule is Cc1nnc(SCC2=C(C(=O)O)N3C(=O)[C@H](NC(=O)c4ccc(COc5ccc(F)cc5)o4)[C@@H]3SC2)s1. The molecule has 1 fully saturated rings. The van der Waals surface area contributed by atoms with Crippen molar-refractivity contribution in [2.24, 2.45) is 0 Å². The van der Waals surface area contributed by atoms with Gasteiger partial charge in [-0.3, -0.25) is 14.5 Å². The summed E-state index contributed by atoms with van der Waals surface area (Å²) in [6, 6.07) is 7.63. The molecule has 14 heteroatoms. The molecular weight excluding hydrogens is 543 g/mol. The van der Waals surface area contributed by atoms with Crippen molar-refractivity contribution in [1.29, 1.82) is 0 Å². The molecule has 0 aliphatic carbocycles. The fraction of sp³-hybridized carbons (Fsp3) is 0.261. The van der Waals surface area contributed by atoms with Crippen LogP contribution >= 0.6 is 34.9 Å². The Balaban J connectivity index is 1.20. The van der Waals surface area contributed by atoms with Gasteiger partial charge in [-0.1, -0.05) is 23.1 Å². The fourth-order valence-electron chi connectivity index (χ4n) is 3.76. The molecule has 2 atom stereocenters. The lowest BCUT2D eigenvalue weighted by Gasteiger charge is -2.49. The number of carbonyl (C=O) groups excluding carboxylic acids is 2. The summed E-state index contributed by atoms with van der Waals surface area (Å²) < 4.78 is 24.8. The molecule has 1 aromatic carbocycles. The molecule has 2 N–H and O–H groups in total. The van der Waals surface area contributed by atoms with Crippen LogP contribution in [-0.4, -0.2) is 60.9 Å². The quantitative estimate of drug-likeness (QED) is 0.295. The Bertz CT molecular complexity index is 1390. The van der Waals surface area contributed by atoms with E-state index in [9.17, 15) is 23.9 Å². The van der Waals surface area contributed by atoms with E-state index in [-0.39, 0.29) is 23.9 Å². The zero-order chi connectivity index (χ0) is 26.1. The molecule has 0 saturated carbocycles. The van der Waals surface area contributed by atoms with E-state index in [1.807, 2.05) is 6.92 Å². The number of nitrogens with one attached hydrogen (secondary N) is 1. The number of fused-ring (bicyclic) bond motifs is 1. The van der Waals surface area contributed by atoms with Crippen molar-refractivity contribution in [2.75, 3.05) is 11.5 Å². The van der Waals surface area contributed by atoms with E-state index >= 15 is 0 Å². The molecule has 3 aromatic rings. The number of benzene rings is 1. The lowest BCUT2D eigenvalue weighted by atomic mass is 10.0. The van der Waals surface area contributed by atoms with Crippen molar-refractivity contribution in [2.45, 2.75) is 29.3 Å². The predicted octanol–water partition coefficient (Wildman–Crippen LogP) is 3.30. The molecule has 37 heavy (non-hydrogen) atoms. The highest BCUT2D eigenvalue weighted by Crippen LogP contribution is 2.41. The number of aliphatic carboxylic acids is 1. The Labute approximate surface area is 222 Å². The van der Waals surface area contributed by atoms with Crippen molar-refractivity contribution >= 4 is 52.6 Å². The lowest BCUT2D eigenvalue weighted by molar-refractivity contribution is -0.148. The normalized spacial score (nSPS) is 18.9. The van der Waals surface area contributed by atoms with Crippen LogP contribution in [0, 0.1) is 12.7 Å². The Morgan fingerprint density at radius 2 is 2.05 bits per heavy atom. The fourth-order valence-corrected chi connectivity index (χ4v) is 7.06. The molecule has 1 saturated heterocycles. The highest BCUT2D eigenvalue weighted by molar-refractivity contribution is 8.01. The number of β-lactam (4-membered cyclic amide) rings is 1. The van der Waals surface area contributed by atoms with Gasteiger partial charge in [0.1, 0.15) is 46.1 Å². The minimum absolute atomic E-state index is 0.0109. The zero-order valence-electron chi connectivity index (χ0n) is 19.2. The summed E-state index contributed by atoms with van der Waals surface area (Å²) in [4.78, 5) is 38.9. The van der Waals surface area contributed by atoms with Gasteiger partial charge in [0.15, 0.2) is 10.1 Å². The first kappa shape index (κ1) is 25.3. The maximum absolute atomic E-state index is 13.0. The summed E-state index contributed by atoms with van der Waals surface area (Å²) >= 11 is 4.18. The first-order valence-electron chi connectivity index (χ1n) is 10.9. The van der Waals surface area contributed by atoms with Crippen molar-refractivity contribution in [1.82, 2.24) is 20.4 Å². The third-order valence-electron chi connectivity index (χ3n) is 5.49. The van der Waals surface area contributed by atoms with Gasteiger partial charge in [0, 0.05) is 11.5 Å². The van der Waals surface area contributed by atoms with E-state index in [0.717, 1.165) is 9.35 Å². The number of hydrogen-bond acceptors (Lipinski definition) is 10. The number of aromatic nitrogens is 2. The Kier molecular flexibility index (Phi) is 7.22.